The molecule has 0 aliphatic rings. The first kappa shape index (κ1) is 12.0. The van der Waals surface area contributed by atoms with E-state index >= 15 is 0 Å². The van der Waals surface area contributed by atoms with Crippen LogP contribution in [-0.4, -0.2) is 10.7 Å². The van der Waals surface area contributed by atoms with E-state index in [-0.39, 0.29) is 5.41 Å². The van der Waals surface area contributed by atoms with Gasteiger partial charge in [0, 0.05) is 0 Å². The molecule has 12 heavy (non-hydrogen) atoms. The van der Waals surface area contributed by atoms with Gasteiger partial charge in [-0.05, 0) is 24.7 Å². The van der Waals surface area contributed by atoms with E-state index in [0.29, 0.717) is 5.92 Å². The van der Waals surface area contributed by atoms with Gasteiger partial charge in [-0.1, -0.05) is 41.0 Å². The van der Waals surface area contributed by atoms with Gasteiger partial charge in [0.25, 0.3) is 0 Å². The maximum atomic E-state index is 10.2. The average Bonchev–Trinajstić information content (AvgIpc) is 1.84. The second-order valence-corrected chi connectivity index (χ2v) is 5.24. The predicted octanol–water partition coefficient (Wildman–Crippen LogP) is 3.22. The molecule has 0 bridgehead atoms. The summed E-state index contributed by atoms with van der Waals surface area (Å²) in [6.07, 6.45) is 2.04. The number of hydrogen-bond donors (Lipinski definition) is 1. The quantitative estimate of drug-likeness (QED) is 0.693. The molecule has 0 unspecified atom stereocenters. The molecule has 0 spiro atoms. The van der Waals surface area contributed by atoms with Crippen LogP contribution in [0.3, 0.4) is 0 Å². The summed E-state index contributed by atoms with van der Waals surface area (Å²) in [6, 6.07) is 0. The first-order valence-corrected chi connectivity index (χ1v) is 4.93. The molecule has 1 nitrogen and oxygen atoms in total. The minimum absolute atomic E-state index is 0.0174. The number of aliphatic hydroxyl groups is 1. The van der Waals surface area contributed by atoms with Gasteiger partial charge >= 0.3 is 0 Å². The summed E-state index contributed by atoms with van der Waals surface area (Å²) >= 11 is 0. The highest BCUT2D eigenvalue weighted by molar-refractivity contribution is 4.87. The van der Waals surface area contributed by atoms with Gasteiger partial charge in [0.1, 0.15) is 0 Å². The Hall–Kier alpha value is -0.0400. The Morgan fingerprint density at radius 3 is 1.83 bits per heavy atom. The minimum Gasteiger partial charge on any atom is -0.390 e. The van der Waals surface area contributed by atoms with Crippen LogP contribution in [0.1, 0.15) is 54.4 Å². The van der Waals surface area contributed by atoms with Gasteiger partial charge in [-0.15, -0.1) is 0 Å². The van der Waals surface area contributed by atoms with Crippen molar-refractivity contribution in [3.05, 3.63) is 0 Å². The van der Waals surface area contributed by atoms with Crippen LogP contribution in [0, 0.1) is 11.3 Å². The molecule has 74 valence electrons. The summed E-state index contributed by atoms with van der Waals surface area (Å²) in [6.45, 7) is 12.6. The van der Waals surface area contributed by atoms with E-state index in [9.17, 15) is 5.11 Å². The molecule has 0 saturated heterocycles. The van der Waals surface area contributed by atoms with E-state index in [4.69, 9.17) is 0 Å². The number of hydrogen-bond acceptors (Lipinski definition) is 1. The Morgan fingerprint density at radius 1 is 1.17 bits per heavy atom. The van der Waals surface area contributed by atoms with Gasteiger partial charge in [-0.3, -0.25) is 0 Å². The Balaban J connectivity index is 4.22. The molecular formula is C11H24O. The van der Waals surface area contributed by atoms with Crippen LogP contribution in [-0.2, 0) is 0 Å². The molecule has 2 atom stereocenters. The fourth-order valence-electron chi connectivity index (χ4n) is 1.13. The zero-order chi connectivity index (χ0) is 9.99. The van der Waals surface area contributed by atoms with Gasteiger partial charge in [0.05, 0.1) is 5.60 Å². The Morgan fingerprint density at radius 2 is 1.58 bits per heavy atom. The lowest BCUT2D eigenvalue weighted by Gasteiger charge is -2.38. The third-order valence-electron chi connectivity index (χ3n) is 3.06. The molecule has 0 radical (unpaired) electrons. The van der Waals surface area contributed by atoms with Crippen molar-refractivity contribution < 1.29 is 5.11 Å². The summed E-state index contributed by atoms with van der Waals surface area (Å²) in [5, 5.41) is 10.2. The SMILES string of the molecule is CC[C@@H](C)C[C@](C)(O)C(C)(C)C. The van der Waals surface area contributed by atoms with Crippen LogP contribution in [0.5, 0.6) is 0 Å². The molecular weight excluding hydrogens is 148 g/mol. The zero-order valence-electron chi connectivity index (χ0n) is 9.44. The summed E-state index contributed by atoms with van der Waals surface area (Å²) in [5.41, 5.74) is -0.557. The maximum absolute atomic E-state index is 10.2. The lowest BCUT2D eigenvalue weighted by molar-refractivity contribution is -0.0584. The molecule has 1 N–H and O–H groups in total. The van der Waals surface area contributed by atoms with E-state index in [1.54, 1.807) is 0 Å². The van der Waals surface area contributed by atoms with Crippen molar-refractivity contribution in [1.29, 1.82) is 0 Å². The van der Waals surface area contributed by atoms with E-state index in [1.807, 2.05) is 6.92 Å². The molecule has 0 aliphatic carbocycles. The minimum atomic E-state index is -0.539. The standard InChI is InChI=1S/C11H24O/c1-7-9(2)8-11(6,12)10(3,4)5/h9,12H,7-8H2,1-6H3/t9-,11+/m1/s1. The molecule has 0 aliphatic heterocycles. The Kier molecular flexibility index (Phi) is 3.77. The summed E-state index contributed by atoms with van der Waals surface area (Å²) < 4.78 is 0. The third-order valence-corrected chi connectivity index (χ3v) is 3.06. The molecule has 0 aromatic rings. The van der Waals surface area contributed by atoms with E-state index in [1.165, 1.54) is 0 Å². The lowest BCUT2D eigenvalue weighted by Crippen LogP contribution is -2.41. The highest BCUT2D eigenvalue weighted by Gasteiger charge is 2.35. The monoisotopic (exact) mass is 172 g/mol. The molecule has 0 fully saturated rings. The van der Waals surface area contributed by atoms with Gasteiger partial charge in [-0.25, -0.2) is 0 Å². The molecule has 0 aromatic carbocycles. The van der Waals surface area contributed by atoms with Crippen molar-refractivity contribution in [1.82, 2.24) is 0 Å². The van der Waals surface area contributed by atoms with Crippen LogP contribution >= 0.6 is 0 Å². The van der Waals surface area contributed by atoms with Crippen molar-refractivity contribution in [2.45, 2.75) is 60.0 Å². The highest BCUT2D eigenvalue weighted by atomic mass is 16.3. The smallest absolute Gasteiger partial charge is 0.0670 e. The fourth-order valence-corrected chi connectivity index (χ4v) is 1.13. The maximum Gasteiger partial charge on any atom is 0.0670 e. The van der Waals surface area contributed by atoms with Crippen molar-refractivity contribution in [3.63, 3.8) is 0 Å². The molecule has 0 saturated carbocycles. The van der Waals surface area contributed by atoms with Crippen molar-refractivity contribution in [2.24, 2.45) is 11.3 Å². The Bertz CT molecular complexity index is 130. The third kappa shape index (κ3) is 3.14. The van der Waals surface area contributed by atoms with Crippen molar-refractivity contribution in [3.8, 4) is 0 Å². The summed E-state index contributed by atoms with van der Waals surface area (Å²) in [7, 11) is 0. The van der Waals surface area contributed by atoms with Gasteiger partial charge < -0.3 is 5.11 Å². The fraction of sp³-hybridized carbons (Fsp3) is 1.00. The van der Waals surface area contributed by atoms with Crippen LogP contribution in [0.15, 0.2) is 0 Å². The van der Waals surface area contributed by atoms with Gasteiger partial charge in [0.2, 0.25) is 0 Å². The molecule has 1 heteroatoms. The van der Waals surface area contributed by atoms with E-state index < -0.39 is 5.60 Å². The van der Waals surface area contributed by atoms with Crippen molar-refractivity contribution >= 4 is 0 Å². The highest BCUT2D eigenvalue weighted by Crippen LogP contribution is 2.35. The van der Waals surface area contributed by atoms with Crippen LogP contribution in [0.4, 0.5) is 0 Å². The molecule has 0 amide bonds. The predicted molar refractivity (Wildman–Crippen MR) is 54.2 cm³/mol. The largest absolute Gasteiger partial charge is 0.390 e. The van der Waals surface area contributed by atoms with E-state index in [2.05, 4.69) is 34.6 Å². The first-order valence-electron chi connectivity index (χ1n) is 4.93. The number of rotatable bonds is 3. The Labute approximate surface area is 77.2 Å². The van der Waals surface area contributed by atoms with Crippen LogP contribution in [0.2, 0.25) is 0 Å². The zero-order valence-corrected chi connectivity index (χ0v) is 9.44. The molecule has 0 heterocycles. The average molecular weight is 172 g/mol. The van der Waals surface area contributed by atoms with Crippen LogP contribution in [0.25, 0.3) is 0 Å². The summed E-state index contributed by atoms with van der Waals surface area (Å²) in [4.78, 5) is 0. The second kappa shape index (κ2) is 3.78. The topological polar surface area (TPSA) is 20.2 Å². The van der Waals surface area contributed by atoms with Gasteiger partial charge in [-0.2, -0.15) is 0 Å². The van der Waals surface area contributed by atoms with Crippen molar-refractivity contribution in [2.75, 3.05) is 0 Å². The molecule has 0 aromatic heterocycles. The molecule has 0 rings (SSSR count). The van der Waals surface area contributed by atoms with Gasteiger partial charge in [0.15, 0.2) is 0 Å². The first-order chi connectivity index (χ1) is 5.20. The second-order valence-electron chi connectivity index (χ2n) is 5.24. The lowest BCUT2D eigenvalue weighted by atomic mass is 9.73. The summed E-state index contributed by atoms with van der Waals surface area (Å²) in [5.74, 6) is 0.610. The normalized spacial score (nSPS) is 20.2. The van der Waals surface area contributed by atoms with Crippen LogP contribution < -0.4 is 0 Å². The van der Waals surface area contributed by atoms with E-state index in [0.717, 1.165) is 12.8 Å².